The number of nitrogens with zero attached hydrogens (tertiary/aromatic N) is 1. The Bertz CT molecular complexity index is 164. The predicted octanol–water partition coefficient (Wildman–Crippen LogP) is 1.85. The molecule has 13 heavy (non-hydrogen) atoms. The van der Waals surface area contributed by atoms with Gasteiger partial charge in [-0.1, -0.05) is 5.64 Å². The van der Waals surface area contributed by atoms with E-state index in [-0.39, 0.29) is 11.1 Å². The molecule has 4 nitrogen and oxygen atoms in total. The average molecular weight is 188 g/mol. The fourth-order valence-corrected chi connectivity index (χ4v) is 2.26. The van der Waals surface area contributed by atoms with Crippen LogP contribution < -0.4 is 5.64 Å². The lowest BCUT2D eigenvalue weighted by atomic mass is 9.82. The normalized spacial score (nSPS) is 27.5. The molecular weight excluding hydrogens is 168 g/mol. The van der Waals surface area contributed by atoms with Gasteiger partial charge in [0.05, 0.1) is 0 Å². The lowest BCUT2D eigenvalue weighted by Crippen LogP contribution is -2.59. The van der Waals surface area contributed by atoms with Crippen molar-refractivity contribution in [1.82, 2.24) is 10.7 Å². The minimum atomic E-state index is -0.0303. The van der Waals surface area contributed by atoms with Gasteiger partial charge in [0.2, 0.25) is 0 Å². The molecule has 0 aliphatic carbocycles. The second-order valence-electron chi connectivity index (χ2n) is 4.96. The molecule has 0 unspecified atom stereocenters. The molecule has 1 heterocycles. The van der Waals surface area contributed by atoms with Gasteiger partial charge in [0.1, 0.15) is 0 Å². The maximum Gasteiger partial charge on any atom is 0.0432 e. The first kappa shape index (κ1) is 10.9. The van der Waals surface area contributed by atoms with E-state index in [2.05, 4.69) is 27.7 Å². The van der Waals surface area contributed by atoms with Crippen LogP contribution in [0, 0.1) is 0 Å². The molecule has 4 heteroatoms. The molecule has 1 rings (SSSR count). The van der Waals surface area contributed by atoms with Gasteiger partial charge in [-0.05, 0) is 47.0 Å². The molecule has 0 bridgehead atoms. The van der Waals surface area contributed by atoms with E-state index in [1.807, 2.05) is 5.06 Å². The van der Waals surface area contributed by atoms with Crippen molar-refractivity contribution in [2.24, 2.45) is 0 Å². The average Bonchev–Trinajstić information content (AvgIpc) is 1.96. The summed E-state index contributed by atoms with van der Waals surface area (Å²) in [6, 6.07) is 0. The number of nitrogens with one attached hydrogen (secondary N) is 1. The van der Waals surface area contributed by atoms with Crippen molar-refractivity contribution in [3.8, 4) is 0 Å². The van der Waals surface area contributed by atoms with Crippen LogP contribution >= 0.6 is 0 Å². The molecule has 2 N–H and O–H groups in total. The highest BCUT2D eigenvalue weighted by Gasteiger charge is 2.42. The Labute approximate surface area is 79.7 Å². The summed E-state index contributed by atoms with van der Waals surface area (Å²) >= 11 is 0. The van der Waals surface area contributed by atoms with Gasteiger partial charge in [-0.2, -0.15) is 10.0 Å². The van der Waals surface area contributed by atoms with Crippen LogP contribution in [0.4, 0.5) is 0 Å². The van der Waals surface area contributed by atoms with Crippen molar-refractivity contribution in [3.63, 3.8) is 0 Å². The maximum atomic E-state index is 8.57. The second-order valence-corrected chi connectivity index (χ2v) is 4.96. The molecule has 0 radical (unpaired) electrons. The van der Waals surface area contributed by atoms with Crippen molar-refractivity contribution < 1.29 is 10.1 Å². The van der Waals surface area contributed by atoms with Crippen LogP contribution in [-0.4, -0.2) is 21.3 Å². The molecule has 78 valence electrons. The summed E-state index contributed by atoms with van der Waals surface area (Å²) < 4.78 is 0. The third kappa shape index (κ3) is 2.20. The topological polar surface area (TPSA) is 44.7 Å². The molecule has 0 aromatic carbocycles. The van der Waals surface area contributed by atoms with E-state index >= 15 is 0 Å². The fraction of sp³-hybridized carbons (Fsp3) is 1.00. The minimum Gasteiger partial charge on any atom is -0.291 e. The Morgan fingerprint density at radius 1 is 1.15 bits per heavy atom. The maximum absolute atomic E-state index is 8.57. The first-order valence-electron chi connectivity index (χ1n) is 4.76. The van der Waals surface area contributed by atoms with Crippen molar-refractivity contribution in [2.75, 3.05) is 0 Å². The van der Waals surface area contributed by atoms with Crippen molar-refractivity contribution >= 4 is 0 Å². The van der Waals surface area contributed by atoms with Crippen LogP contribution in [0.2, 0.25) is 0 Å². The first-order chi connectivity index (χ1) is 5.90. The summed E-state index contributed by atoms with van der Waals surface area (Å²) in [5.74, 6) is 0. The third-order valence-electron chi connectivity index (χ3n) is 2.81. The molecule has 0 spiro atoms. The monoisotopic (exact) mass is 188 g/mol. The number of hydroxylamine groups is 2. The van der Waals surface area contributed by atoms with Crippen molar-refractivity contribution in [3.05, 3.63) is 0 Å². The van der Waals surface area contributed by atoms with Gasteiger partial charge in [0, 0.05) is 11.1 Å². The standard InChI is InChI=1S/C9H20N2O2/c1-8(2)6-5-7-9(3,4)11(8)13-10-12/h10,12H,5-7H2,1-4H3. The van der Waals surface area contributed by atoms with E-state index in [4.69, 9.17) is 10.1 Å². The molecule has 1 saturated heterocycles. The molecule has 0 amide bonds. The van der Waals surface area contributed by atoms with Gasteiger partial charge < -0.3 is 0 Å². The lowest BCUT2D eigenvalue weighted by molar-refractivity contribution is -0.361. The predicted molar refractivity (Wildman–Crippen MR) is 49.9 cm³/mol. The summed E-state index contributed by atoms with van der Waals surface area (Å²) in [6.07, 6.45) is 3.36. The number of hydrogen-bond donors (Lipinski definition) is 2. The highest BCUT2D eigenvalue weighted by molar-refractivity contribution is 4.92. The highest BCUT2D eigenvalue weighted by Crippen LogP contribution is 2.37. The van der Waals surface area contributed by atoms with E-state index < -0.39 is 0 Å². The van der Waals surface area contributed by atoms with Gasteiger partial charge >= 0.3 is 0 Å². The van der Waals surface area contributed by atoms with Crippen LogP contribution in [0.15, 0.2) is 0 Å². The van der Waals surface area contributed by atoms with Gasteiger partial charge in [-0.3, -0.25) is 5.21 Å². The van der Waals surface area contributed by atoms with E-state index in [1.54, 1.807) is 5.64 Å². The number of rotatable bonds is 2. The lowest BCUT2D eigenvalue weighted by Gasteiger charge is -2.50. The number of piperidine rings is 1. The minimum absolute atomic E-state index is 0.0303. The van der Waals surface area contributed by atoms with E-state index in [0.29, 0.717) is 0 Å². The van der Waals surface area contributed by atoms with Crippen LogP contribution in [-0.2, 0) is 4.94 Å². The zero-order valence-electron chi connectivity index (χ0n) is 8.92. The summed E-state index contributed by atoms with van der Waals surface area (Å²) in [5.41, 5.74) is 1.71. The highest BCUT2D eigenvalue weighted by atomic mass is 16.9. The fourth-order valence-electron chi connectivity index (χ4n) is 2.26. The van der Waals surface area contributed by atoms with E-state index in [1.165, 1.54) is 6.42 Å². The zero-order chi connectivity index (χ0) is 10.1. The Balaban J connectivity index is 2.78. The zero-order valence-corrected chi connectivity index (χ0v) is 8.92. The molecule has 1 aliphatic heterocycles. The molecule has 1 aliphatic rings. The van der Waals surface area contributed by atoms with Gasteiger partial charge in [0.15, 0.2) is 0 Å². The second kappa shape index (κ2) is 3.53. The molecular formula is C9H20N2O2. The quantitative estimate of drug-likeness (QED) is 0.649. The SMILES string of the molecule is CC1(C)CCCC(C)(C)N1ONO. The Morgan fingerprint density at radius 2 is 1.62 bits per heavy atom. The molecule has 1 fully saturated rings. The largest absolute Gasteiger partial charge is 0.291 e. The van der Waals surface area contributed by atoms with Crippen LogP contribution in [0.5, 0.6) is 0 Å². The summed E-state index contributed by atoms with van der Waals surface area (Å²) in [4.78, 5) is 5.05. The molecule has 0 aromatic rings. The summed E-state index contributed by atoms with van der Waals surface area (Å²) in [5, 5.41) is 10.4. The molecule has 0 saturated carbocycles. The van der Waals surface area contributed by atoms with Crippen LogP contribution in [0.25, 0.3) is 0 Å². The number of hydrogen-bond acceptors (Lipinski definition) is 4. The third-order valence-corrected chi connectivity index (χ3v) is 2.81. The summed E-state index contributed by atoms with van der Waals surface area (Å²) in [6.45, 7) is 8.47. The Kier molecular flexibility index (Phi) is 2.97. The van der Waals surface area contributed by atoms with Gasteiger partial charge in [-0.25, -0.2) is 0 Å². The molecule has 0 atom stereocenters. The van der Waals surface area contributed by atoms with Crippen LogP contribution in [0.1, 0.15) is 47.0 Å². The smallest absolute Gasteiger partial charge is 0.0432 e. The molecule has 0 aromatic heterocycles. The van der Waals surface area contributed by atoms with Crippen molar-refractivity contribution in [2.45, 2.75) is 58.0 Å². The Morgan fingerprint density at radius 3 is 2.00 bits per heavy atom. The Hall–Kier alpha value is -0.160. The van der Waals surface area contributed by atoms with E-state index in [0.717, 1.165) is 12.8 Å². The van der Waals surface area contributed by atoms with Crippen LogP contribution in [0.3, 0.4) is 0 Å². The van der Waals surface area contributed by atoms with Crippen molar-refractivity contribution in [1.29, 1.82) is 0 Å². The van der Waals surface area contributed by atoms with E-state index in [9.17, 15) is 0 Å². The first-order valence-corrected chi connectivity index (χ1v) is 4.76. The summed E-state index contributed by atoms with van der Waals surface area (Å²) in [7, 11) is 0. The van der Waals surface area contributed by atoms with Gasteiger partial charge in [0.25, 0.3) is 0 Å². The van der Waals surface area contributed by atoms with Gasteiger partial charge in [-0.15, -0.1) is 0 Å².